The van der Waals surface area contributed by atoms with Crippen LogP contribution in [0, 0.1) is 0 Å². The number of hydrogen-bond donors (Lipinski definition) is 4. The standard InChI is InChI=1S/C20H28ClN7O/c1-5-15(20(3,4)29)25-19-26-17(16-18(27-19)28(6-2)11-24-16)23-10-12-9-13(21)7-8-14(12)22/h7-9,11,15,29H,5-6,10,22H2,1-4H3,(H2,23,25,26,27). The van der Waals surface area contributed by atoms with E-state index in [1.807, 2.05) is 24.5 Å². The van der Waals surface area contributed by atoms with Crippen LogP contribution in [-0.4, -0.2) is 36.3 Å². The first-order valence-corrected chi connectivity index (χ1v) is 10.1. The molecular formula is C20H28ClN7O. The van der Waals surface area contributed by atoms with Crippen LogP contribution in [0.4, 0.5) is 17.5 Å². The third kappa shape index (κ3) is 4.71. The fourth-order valence-corrected chi connectivity index (χ4v) is 3.40. The summed E-state index contributed by atoms with van der Waals surface area (Å²) in [7, 11) is 0. The van der Waals surface area contributed by atoms with Gasteiger partial charge in [-0.1, -0.05) is 18.5 Å². The summed E-state index contributed by atoms with van der Waals surface area (Å²) in [5, 5.41) is 17.6. The Bertz CT molecular complexity index is 996. The lowest BCUT2D eigenvalue weighted by atomic mass is 9.97. The average Bonchev–Trinajstić information content (AvgIpc) is 3.08. The topological polar surface area (TPSA) is 114 Å². The van der Waals surface area contributed by atoms with E-state index in [-0.39, 0.29) is 6.04 Å². The molecule has 0 bridgehead atoms. The van der Waals surface area contributed by atoms with Crippen LogP contribution in [0.25, 0.3) is 11.2 Å². The molecule has 0 spiro atoms. The highest BCUT2D eigenvalue weighted by atomic mass is 35.5. The van der Waals surface area contributed by atoms with Crippen molar-refractivity contribution in [2.45, 2.75) is 58.8 Å². The fourth-order valence-electron chi connectivity index (χ4n) is 3.20. The van der Waals surface area contributed by atoms with Gasteiger partial charge in [0.05, 0.1) is 18.0 Å². The molecule has 0 fully saturated rings. The normalized spacial score (nSPS) is 12.9. The lowest BCUT2D eigenvalue weighted by molar-refractivity contribution is 0.0577. The summed E-state index contributed by atoms with van der Waals surface area (Å²) >= 11 is 6.10. The molecule has 156 valence electrons. The number of nitrogens with two attached hydrogens (primary N) is 1. The van der Waals surface area contributed by atoms with Crippen molar-refractivity contribution in [3.05, 3.63) is 35.1 Å². The van der Waals surface area contributed by atoms with E-state index in [2.05, 4.69) is 25.6 Å². The molecule has 1 unspecified atom stereocenters. The molecule has 0 radical (unpaired) electrons. The smallest absolute Gasteiger partial charge is 0.227 e. The lowest BCUT2D eigenvalue weighted by Crippen LogP contribution is -2.41. The number of aliphatic hydroxyl groups is 1. The second-order valence-corrected chi connectivity index (χ2v) is 7.99. The van der Waals surface area contributed by atoms with E-state index in [1.165, 1.54) is 0 Å². The van der Waals surface area contributed by atoms with Crippen molar-refractivity contribution in [2.24, 2.45) is 0 Å². The monoisotopic (exact) mass is 417 g/mol. The van der Waals surface area contributed by atoms with Crippen LogP contribution >= 0.6 is 11.6 Å². The van der Waals surface area contributed by atoms with Crippen molar-refractivity contribution < 1.29 is 5.11 Å². The summed E-state index contributed by atoms with van der Waals surface area (Å²) in [4.78, 5) is 13.7. The highest BCUT2D eigenvalue weighted by Gasteiger charge is 2.26. The number of aromatic nitrogens is 4. The Morgan fingerprint density at radius 2 is 2.03 bits per heavy atom. The van der Waals surface area contributed by atoms with Crippen LogP contribution in [0.2, 0.25) is 5.02 Å². The van der Waals surface area contributed by atoms with E-state index >= 15 is 0 Å². The molecule has 0 aliphatic rings. The second-order valence-electron chi connectivity index (χ2n) is 7.55. The Balaban J connectivity index is 1.96. The molecule has 2 aromatic heterocycles. The van der Waals surface area contributed by atoms with Crippen LogP contribution in [0.1, 0.15) is 39.7 Å². The maximum Gasteiger partial charge on any atom is 0.227 e. The average molecular weight is 418 g/mol. The molecule has 0 amide bonds. The maximum atomic E-state index is 10.4. The molecule has 9 heteroatoms. The molecule has 8 nitrogen and oxygen atoms in total. The quantitative estimate of drug-likeness (QED) is 0.413. The van der Waals surface area contributed by atoms with Gasteiger partial charge in [-0.25, -0.2) is 4.98 Å². The van der Waals surface area contributed by atoms with Crippen molar-refractivity contribution in [1.29, 1.82) is 0 Å². The molecule has 0 aliphatic carbocycles. The largest absolute Gasteiger partial charge is 0.398 e. The Hall–Kier alpha value is -2.58. The van der Waals surface area contributed by atoms with Crippen molar-refractivity contribution in [3.8, 4) is 0 Å². The number of nitrogens with one attached hydrogen (secondary N) is 2. The van der Waals surface area contributed by atoms with Crippen molar-refractivity contribution in [3.63, 3.8) is 0 Å². The first kappa shape index (κ1) is 21.1. The number of benzene rings is 1. The van der Waals surface area contributed by atoms with Gasteiger partial charge < -0.3 is 26.0 Å². The van der Waals surface area contributed by atoms with Gasteiger partial charge in [0.25, 0.3) is 0 Å². The summed E-state index contributed by atoms with van der Waals surface area (Å²) in [6.07, 6.45) is 2.47. The third-order valence-electron chi connectivity index (χ3n) is 4.92. The number of rotatable bonds is 8. The summed E-state index contributed by atoms with van der Waals surface area (Å²) in [5.74, 6) is 1.03. The van der Waals surface area contributed by atoms with Crippen LogP contribution in [-0.2, 0) is 13.1 Å². The SMILES string of the molecule is CCC(Nc1nc(NCc2cc(Cl)ccc2N)c2ncn(CC)c2n1)C(C)(C)O. The molecule has 2 heterocycles. The molecule has 1 atom stereocenters. The first-order valence-electron chi connectivity index (χ1n) is 9.72. The fraction of sp³-hybridized carbons (Fsp3) is 0.450. The summed E-state index contributed by atoms with van der Waals surface area (Å²) in [6.45, 7) is 8.75. The summed E-state index contributed by atoms with van der Waals surface area (Å²) in [5.41, 5.74) is 8.06. The number of halogens is 1. The molecule has 0 saturated carbocycles. The minimum atomic E-state index is -0.916. The second kappa shape index (κ2) is 8.42. The maximum absolute atomic E-state index is 10.4. The van der Waals surface area contributed by atoms with Gasteiger partial charge in [0.1, 0.15) is 0 Å². The molecule has 3 rings (SSSR count). The minimum absolute atomic E-state index is 0.200. The van der Waals surface area contributed by atoms with E-state index < -0.39 is 5.60 Å². The number of nitrogen functional groups attached to an aromatic ring is 1. The van der Waals surface area contributed by atoms with Gasteiger partial charge in [-0.15, -0.1) is 0 Å². The Morgan fingerprint density at radius 3 is 2.69 bits per heavy atom. The summed E-state index contributed by atoms with van der Waals surface area (Å²) in [6, 6.07) is 5.17. The number of nitrogens with zero attached hydrogens (tertiary/aromatic N) is 4. The van der Waals surface area contributed by atoms with Gasteiger partial charge in [-0.3, -0.25) is 0 Å². The zero-order valence-electron chi connectivity index (χ0n) is 17.2. The third-order valence-corrected chi connectivity index (χ3v) is 5.16. The van der Waals surface area contributed by atoms with E-state index in [4.69, 9.17) is 17.3 Å². The van der Waals surface area contributed by atoms with Crippen molar-refractivity contribution in [2.75, 3.05) is 16.4 Å². The zero-order chi connectivity index (χ0) is 21.2. The van der Waals surface area contributed by atoms with Crippen LogP contribution in [0.15, 0.2) is 24.5 Å². The number of imidazole rings is 1. The number of hydrogen-bond acceptors (Lipinski definition) is 7. The first-order chi connectivity index (χ1) is 13.7. The lowest BCUT2D eigenvalue weighted by Gasteiger charge is -2.29. The predicted molar refractivity (Wildman–Crippen MR) is 118 cm³/mol. The zero-order valence-corrected chi connectivity index (χ0v) is 18.0. The van der Waals surface area contributed by atoms with Gasteiger partial charge in [0, 0.05) is 23.8 Å². The summed E-state index contributed by atoms with van der Waals surface area (Å²) < 4.78 is 1.95. The molecule has 5 N–H and O–H groups in total. The van der Waals surface area contributed by atoms with Gasteiger partial charge in [0.2, 0.25) is 5.95 Å². The Morgan fingerprint density at radius 1 is 1.28 bits per heavy atom. The van der Waals surface area contributed by atoms with E-state index in [9.17, 15) is 5.11 Å². The van der Waals surface area contributed by atoms with Crippen LogP contribution in [0.5, 0.6) is 0 Å². The number of aryl methyl sites for hydroxylation is 1. The van der Waals surface area contributed by atoms with Gasteiger partial charge in [-0.2, -0.15) is 9.97 Å². The van der Waals surface area contributed by atoms with Gasteiger partial charge in [0.15, 0.2) is 17.0 Å². The molecule has 29 heavy (non-hydrogen) atoms. The van der Waals surface area contributed by atoms with E-state index in [1.54, 1.807) is 32.3 Å². The Labute approximate surface area is 175 Å². The van der Waals surface area contributed by atoms with E-state index in [0.717, 1.165) is 24.2 Å². The molecule has 3 aromatic rings. The molecule has 0 saturated heterocycles. The van der Waals surface area contributed by atoms with Gasteiger partial charge >= 0.3 is 0 Å². The predicted octanol–water partition coefficient (Wildman–Crippen LogP) is 3.66. The van der Waals surface area contributed by atoms with E-state index in [0.29, 0.717) is 34.5 Å². The molecule has 1 aromatic carbocycles. The molecule has 0 aliphatic heterocycles. The highest BCUT2D eigenvalue weighted by molar-refractivity contribution is 6.30. The van der Waals surface area contributed by atoms with Crippen LogP contribution in [0.3, 0.4) is 0 Å². The Kier molecular flexibility index (Phi) is 6.14. The van der Waals surface area contributed by atoms with Crippen molar-refractivity contribution >= 4 is 40.2 Å². The highest BCUT2D eigenvalue weighted by Crippen LogP contribution is 2.25. The number of fused-ring (bicyclic) bond motifs is 1. The minimum Gasteiger partial charge on any atom is -0.398 e. The van der Waals surface area contributed by atoms with Gasteiger partial charge in [-0.05, 0) is 51.0 Å². The number of anilines is 3. The van der Waals surface area contributed by atoms with Crippen LogP contribution < -0.4 is 16.4 Å². The van der Waals surface area contributed by atoms with Crippen molar-refractivity contribution in [1.82, 2.24) is 19.5 Å². The molecular weight excluding hydrogens is 390 g/mol.